The number of aromatic nitrogens is 1. The van der Waals surface area contributed by atoms with Crippen LogP contribution in [0.5, 0.6) is 0 Å². The fraction of sp³-hybridized carbons (Fsp3) is 0.0833. The van der Waals surface area contributed by atoms with E-state index < -0.39 is 0 Å². The molecule has 1 aromatic carbocycles. The average Bonchev–Trinajstić information content (AvgIpc) is 2.25. The van der Waals surface area contributed by atoms with Crippen LogP contribution in [-0.2, 0) is 6.54 Å². The van der Waals surface area contributed by atoms with Crippen LogP contribution in [-0.4, -0.2) is 0 Å². The van der Waals surface area contributed by atoms with Crippen LogP contribution in [0.4, 0.5) is 10.1 Å². The second kappa shape index (κ2) is 4.61. The fourth-order valence-electron chi connectivity index (χ4n) is 1.42. The van der Waals surface area contributed by atoms with E-state index in [9.17, 15) is 4.39 Å². The van der Waals surface area contributed by atoms with Crippen molar-refractivity contribution in [2.45, 2.75) is 6.54 Å². The summed E-state index contributed by atoms with van der Waals surface area (Å²) >= 11 is 3.23. The Labute approximate surface area is 102 Å². The highest BCUT2D eigenvalue weighted by molar-refractivity contribution is 9.10. The molecule has 0 aliphatic rings. The molecule has 2 aromatic rings. The molecule has 0 fully saturated rings. The summed E-state index contributed by atoms with van der Waals surface area (Å²) in [4.78, 5) is 0. The highest BCUT2D eigenvalue weighted by Crippen LogP contribution is 2.14. The molecule has 0 saturated carbocycles. The Morgan fingerprint density at radius 2 is 1.88 bits per heavy atom. The molecule has 4 heteroatoms. The van der Waals surface area contributed by atoms with Crippen LogP contribution in [0.3, 0.4) is 0 Å². The van der Waals surface area contributed by atoms with E-state index in [1.54, 1.807) is 18.2 Å². The van der Waals surface area contributed by atoms with Crippen LogP contribution in [0.2, 0.25) is 0 Å². The Hall–Kier alpha value is -1.42. The van der Waals surface area contributed by atoms with Gasteiger partial charge in [0.2, 0.25) is 0 Å². The molecule has 0 unspecified atom stereocenters. The Kier molecular flexibility index (Phi) is 3.19. The van der Waals surface area contributed by atoms with Crippen molar-refractivity contribution >= 4 is 21.6 Å². The number of rotatable bonds is 2. The van der Waals surface area contributed by atoms with E-state index in [-0.39, 0.29) is 5.82 Å². The zero-order valence-corrected chi connectivity index (χ0v) is 10.1. The van der Waals surface area contributed by atoms with Crippen LogP contribution in [0.15, 0.2) is 47.2 Å². The first-order valence-electron chi connectivity index (χ1n) is 4.83. The van der Waals surface area contributed by atoms with Gasteiger partial charge in [-0.1, -0.05) is 15.9 Å². The van der Waals surface area contributed by atoms with Gasteiger partial charge in [-0.15, -0.1) is 0 Å². The Morgan fingerprint density at radius 1 is 1.19 bits per heavy atom. The zero-order valence-electron chi connectivity index (χ0n) is 8.53. The van der Waals surface area contributed by atoms with E-state index in [1.807, 2.05) is 23.0 Å². The Bertz CT molecular complexity index is 497. The molecular formula is C12H11BrFN2+. The van der Waals surface area contributed by atoms with Gasteiger partial charge in [0.25, 0.3) is 0 Å². The minimum absolute atomic E-state index is 0.210. The van der Waals surface area contributed by atoms with Gasteiger partial charge in [-0.25, -0.2) is 8.96 Å². The fourth-order valence-corrected chi connectivity index (χ4v) is 1.75. The molecule has 1 aromatic heterocycles. The lowest BCUT2D eigenvalue weighted by Gasteiger charge is -2.00. The molecule has 0 amide bonds. The summed E-state index contributed by atoms with van der Waals surface area (Å²) in [6.45, 7) is 0.499. The van der Waals surface area contributed by atoms with E-state index in [4.69, 9.17) is 5.73 Å². The minimum Gasteiger partial charge on any atom is -0.398 e. The van der Waals surface area contributed by atoms with Crippen molar-refractivity contribution in [3.05, 3.63) is 58.6 Å². The van der Waals surface area contributed by atoms with E-state index >= 15 is 0 Å². The quantitative estimate of drug-likeness (QED) is 0.843. The molecule has 0 atom stereocenters. The standard InChI is InChI=1S/C12H10BrFN2/c13-10-2-1-9(12(14)7-10)8-16-5-3-11(15)4-6-16/h1-7,15H,8H2/p+1. The van der Waals surface area contributed by atoms with Crippen molar-refractivity contribution in [3.63, 3.8) is 0 Å². The van der Waals surface area contributed by atoms with Gasteiger partial charge in [0.05, 0.1) is 5.56 Å². The molecule has 2 N–H and O–H groups in total. The molecule has 82 valence electrons. The largest absolute Gasteiger partial charge is 0.398 e. The number of benzene rings is 1. The lowest BCUT2D eigenvalue weighted by atomic mass is 10.2. The van der Waals surface area contributed by atoms with E-state index in [2.05, 4.69) is 15.9 Å². The van der Waals surface area contributed by atoms with Crippen LogP contribution < -0.4 is 10.3 Å². The van der Waals surface area contributed by atoms with Crippen molar-refractivity contribution < 1.29 is 8.96 Å². The van der Waals surface area contributed by atoms with Crippen LogP contribution in [0, 0.1) is 5.82 Å². The number of pyridine rings is 1. The smallest absolute Gasteiger partial charge is 0.176 e. The molecule has 0 radical (unpaired) electrons. The summed E-state index contributed by atoms with van der Waals surface area (Å²) in [6.07, 6.45) is 3.66. The summed E-state index contributed by atoms with van der Waals surface area (Å²) in [5.41, 5.74) is 6.93. The maximum Gasteiger partial charge on any atom is 0.176 e. The van der Waals surface area contributed by atoms with Crippen molar-refractivity contribution in [2.75, 3.05) is 5.73 Å². The number of nitrogens with two attached hydrogens (primary N) is 1. The first kappa shape index (κ1) is 11.1. The molecule has 0 aliphatic carbocycles. The third-order valence-electron chi connectivity index (χ3n) is 2.28. The molecule has 16 heavy (non-hydrogen) atoms. The second-order valence-corrected chi connectivity index (χ2v) is 4.46. The van der Waals surface area contributed by atoms with E-state index in [1.165, 1.54) is 6.07 Å². The lowest BCUT2D eigenvalue weighted by Crippen LogP contribution is -2.33. The van der Waals surface area contributed by atoms with Gasteiger partial charge in [0, 0.05) is 22.3 Å². The number of hydrogen-bond acceptors (Lipinski definition) is 1. The van der Waals surface area contributed by atoms with Crippen LogP contribution in [0.1, 0.15) is 5.56 Å². The van der Waals surface area contributed by atoms with E-state index in [0.717, 1.165) is 4.47 Å². The van der Waals surface area contributed by atoms with Gasteiger partial charge in [0.15, 0.2) is 18.9 Å². The topological polar surface area (TPSA) is 29.9 Å². The van der Waals surface area contributed by atoms with Gasteiger partial charge in [-0.3, -0.25) is 0 Å². The summed E-state index contributed by atoms with van der Waals surface area (Å²) in [5.74, 6) is -0.210. The third kappa shape index (κ3) is 2.58. The lowest BCUT2D eigenvalue weighted by molar-refractivity contribution is -0.688. The second-order valence-electron chi connectivity index (χ2n) is 3.54. The number of anilines is 1. The van der Waals surface area contributed by atoms with Gasteiger partial charge >= 0.3 is 0 Å². The van der Waals surface area contributed by atoms with Crippen molar-refractivity contribution in [1.29, 1.82) is 0 Å². The predicted molar refractivity (Wildman–Crippen MR) is 64.3 cm³/mol. The van der Waals surface area contributed by atoms with E-state index in [0.29, 0.717) is 17.8 Å². The van der Waals surface area contributed by atoms with Gasteiger partial charge in [-0.2, -0.15) is 0 Å². The molecule has 0 bridgehead atoms. The minimum atomic E-state index is -0.210. The molecule has 0 saturated heterocycles. The van der Waals surface area contributed by atoms with Crippen molar-refractivity contribution in [3.8, 4) is 0 Å². The zero-order chi connectivity index (χ0) is 11.5. The summed E-state index contributed by atoms with van der Waals surface area (Å²) in [5, 5.41) is 0. The monoisotopic (exact) mass is 281 g/mol. The van der Waals surface area contributed by atoms with Gasteiger partial charge < -0.3 is 5.73 Å². The molecular weight excluding hydrogens is 271 g/mol. The van der Waals surface area contributed by atoms with Gasteiger partial charge in [0.1, 0.15) is 5.82 Å². The Morgan fingerprint density at radius 3 is 2.50 bits per heavy atom. The normalized spacial score (nSPS) is 10.4. The average molecular weight is 282 g/mol. The third-order valence-corrected chi connectivity index (χ3v) is 2.78. The molecule has 1 heterocycles. The number of nitrogen functional groups attached to an aromatic ring is 1. The number of hydrogen-bond donors (Lipinski definition) is 1. The van der Waals surface area contributed by atoms with Crippen LogP contribution >= 0.6 is 15.9 Å². The summed E-state index contributed by atoms with van der Waals surface area (Å²) in [7, 11) is 0. The molecule has 2 rings (SSSR count). The summed E-state index contributed by atoms with van der Waals surface area (Å²) in [6, 6.07) is 8.64. The highest BCUT2D eigenvalue weighted by Gasteiger charge is 2.08. The molecule has 0 spiro atoms. The number of nitrogens with zero attached hydrogens (tertiary/aromatic N) is 1. The predicted octanol–water partition coefficient (Wildman–Crippen LogP) is 2.51. The maximum absolute atomic E-state index is 13.5. The van der Waals surface area contributed by atoms with Gasteiger partial charge in [-0.05, 0) is 18.2 Å². The van der Waals surface area contributed by atoms with Crippen LogP contribution in [0.25, 0.3) is 0 Å². The van der Waals surface area contributed by atoms with Crippen molar-refractivity contribution in [1.82, 2.24) is 0 Å². The van der Waals surface area contributed by atoms with Crippen molar-refractivity contribution in [2.24, 2.45) is 0 Å². The molecule has 0 aliphatic heterocycles. The first-order valence-corrected chi connectivity index (χ1v) is 5.63. The molecule has 2 nitrogen and oxygen atoms in total. The number of halogens is 2. The summed E-state index contributed by atoms with van der Waals surface area (Å²) < 4.78 is 16.2. The Balaban J connectivity index is 2.23. The first-order chi connectivity index (χ1) is 7.65. The SMILES string of the molecule is Nc1cc[n+](Cc2ccc(Br)cc2F)cc1. The highest BCUT2D eigenvalue weighted by atomic mass is 79.9. The maximum atomic E-state index is 13.5.